The van der Waals surface area contributed by atoms with Gasteiger partial charge in [0.05, 0.1) is 5.57 Å². The van der Waals surface area contributed by atoms with Crippen molar-refractivity contribution in [3.63, 3.8) is 0 Å². The first-order valence-electron chi connectivity index (χ1n) is 18.9. The van der Waals surface area contributed by atoms with E-state index < -0.39 is 11.7 Å². The van der Waals surface area contributed by atoms with Crippen molar-refractivity contribution in [2.24, 2.45) is 0 Å². The third-order valence-corrected chi connectivity index (χ3v) is 10.0. The first-order valence-corrected chi connectivity index (χ1v) is 18.9. The lowest BCUT2D eigenvalue weighted by molar-refractivity contribution is -0.118. The number of nitrogens with one attached hydrogen (secondary N) is 2. The summed E-state index contributed by atoms with van der Waals surface area (Å²) in [4.78, 5) is 35.8. The Morgan fingerprint density at radius 2 is 1.54 bits per heavy atom. The van der Waals surface area contributed by atoms with Gasteiger partial charge in [-0.05, 0) is 99.4 Å². The van der Waals surface area contributed by atoms with Crippen molar-refractivity contribution in [3.05, 3.63) is 162 Å². The Morgan fingerprint density at radius 1 is 0.870 bits per heavy atom. The molecule has 0 spiro atoms. The lowest BCUT2D eigenvalue weighted by atomic mass is 9.96. The maximum absolute atomic E-state index is 15.6. The SMILES string of the molecule is C=C\C(C(=O)NC1CCN(c2ccc(CN3CCC(NC(=O)c4ccc(C)c(/C(C=C)=C/C=C\C)c4)CC3)cn2)CC1)=C(F)/C(=C\C)C(/C=C)=C/C=C\C. The maximum atomic E-state index is 15.6. The van der Waals surface area contributed by atoms with Gasteiger partial charge in [-0.15, -0.1) is 0 Å². The number of pyridine rings is 1. The van der Waals surface area contributed by atoms with Gasteiger partial charge in [0, 0.05) is 62.1 Å². The van der Waals surface area contributed by atoms with E-state index in [0.717, 1.165) is 86.5 Å². The number of hydrogen-bond acceptors (Lipinski definition) is 5. The third-order valence-electron chi connectivity index (χ3n) is 10.0. The van der Waals surface area contributed by atoms with Crippen LogP contribution in [-0.2, 0) is 11.3 Å². The van der Waals surface area contributed by atoms with Crippen LogP contribution in [0, 0.1) is 6.92 Å². The van der Waals surface area contributed by atoms with E-state index in [0.29, 0.717) is 16.7 Å². The van der Waals surface area contributed by atoms with Crippen LogP contribution in [0.4, 0.5) is 10.2 Å². The van der Waals surface area contributed by atoms with Crippen LogP contribution in [0.2, 0.25) is 0 Å². The second-order valence-electron chi connectivity index (χ2n) is 13.7. The van der Waals surface area contributed by atoms with E-state index >= 15 is 4.39 Å². The second kappa shape index (κ2) is 20.8. The molecular weight excluding hydrogens is 674 g/mol. The summed E-state index contributed by atoms with van der Waals surface area (Å²) in [5.41, 5.74) is 5.71. The number of aryl methyl sites for hydroxylation is 1. The van der Waals surface area contributed by atoms with Crippen molar-refractivity contribution >= 4 is 23.2 Å². The molecule has 0 radical (unpaired) electrons. The van der Waals surface area contributed by atoms with Crippen molar-refractivity contribution < 1.29 is 14.0 Å². The Bertz CT molecular complexity index is 1850. The van der Waals surface area contributed by atoms with Crippen LogP contribution in [0.1, 0.15) is 73.5 Å². The molecule has 2 N–H and O–H groups in total. The van der Waals surface area contributed by atoms with Crippen LogP contribution in [0.25, 0.3) is 5.57 Å². The minimum absolute atomic E-state index is 0.0446. The largest absolute Gasteiger partial charge is 0.356 e. The van der Waals surface area contributed by atoms with Gasteiger partial charge in [0.25, 0.3) is 11.8 Å². The van der Waals surface area contributed by atoms with Crippen LogP contribution in [0.15, 0.2) is 140 Å². The normalized spacial score (nSPS) is 17.4. The van der Waals surface area contributed by atoms with E-state index in [4.69, 9.17) is 4.98 Å². The van der Waals surface area contributed by atoms with Gasteiger partial charge in [-0.25, -0.2) is 9.37 Å². The molecule has 0 atom stereocenters. The molecule has 0 aliphatic carbocycles. The van der Waals surface area contributed by atoms with E-state index in [9.17, 15) is 9.59 Å². The molecule has 0 unspecified atom stereocenters. The molecule has 284 valence electrons. The zero-order valence-electron chi connectivity index (χ0n) is 32.4. The molecule has 1 aromatic carbocycles. The summed E-state index contributed by atoms with van der Waals surface area (Å²) in [6, 6.07) is 10.1. The fourth-order valence-electron chi connectivity index (χ4n) is 6.83. The van der Waals surface area contributed by atoms with Crippen molar-refractivity contribution in [2.45, 2.75) is 72.0 Å². The highest BCUT2D eigenvalue weighted by atomic mass is 19.1. The van der Waals surface area contributed by atoms with Crippen LogP contribution in [0.5, 0.6) is 0 Å². The molecule has 7 nitrogen and oxygen atoms in total. The number of benzene rings is 1. The number of allylic oxidation sites excluding steroid dienone is 13. The van der Waals surface area contributed by atoms with Crippen molar-refractivity contribution in [1.82, 2.24) is 20.5 Å². The summed E-state index contributed by atoms with van der Waals surface area (Å²) >= 11 is 0. The third kappa shape index (κ3) is 11.1. The van der Waals surface area contributed by atoms with Gasteiger partial charge in [-0.3, -0.25) is 14.5 Å². The van der Waals surface area contributed by atoms with Crippen molar-refractivity contribution in [1.29, 1.82) is 0 Å². The summed E-state index contributed by atoms with van der Waals surface area (Å²) in [6.45, 7) is 23.1. The number of halogens is 1. The van der Waals surface area contributed by atoms with Gasteiger partial charge in [0.2, 0.25) is 0 Å². The Kier molecular flexibility index (Phi) is 15.9. The van der Waals surface area contributed by atoms with Crippen LogP contribution in [0.3, 0.4) is 0 Å². The molecule has 54 heavy (non-hydrogen) atoms. The Balaban J connectivity index is 1.25. The fraction of sp³-hybridized carbons (Fsp3) is 0.326. The number of nitrogens with zero attached hydrogens (tertiary/aromatic N) is 3. The lowest BCUT2D eigenvalue weighted by Crippen LogP contribution is -2.45. The number of rotatable bonds is 15. The standard InChI is InChI=1S/C46H56FN5O2/c1-8-14-16-35(10-3)40(12-5)44(47)41(13-6)46(54)50-39-24-28-52(29-25-39)43-21-19-34(31-48-43)32-51-26-22-38(23-27-51)49-45(53)37-20-18-33(7)42(30-37)36(11-4)17-15-9-2/h8-21,30-31,38-39H,3-4,6,22-29,32H2,1-2,5,7H3,(H,49,53)(H,50,54)/b14-8-,15-9-,35-16+,36-17+,40-12-,44-41-. The predicted octanol–water partition coefficient (Wildman–Crippen LogP) is 9.06. The molecule has 3 heterocycles. The van der Waals surface area contributed by atoms with E-state index in [2.05, 4.69) is 52.3 Å². The van der Waals surface area contributed by atoms with E-state index in [1.54, 1.807) is 31.2 Å². The number of piperidine rings is 2. The van der Waals surface area contributed by atoms with Gasteiger partial charge in [-0.1, -0.05) is 92.6 Å². The molecule has 2 amide bonds. The van der Waals surface area contributed by atoms with Gasteiger partial charge < -0.3 is 15.5 Å². The smallest absolute Gasteiger partial charge is 0.254 e. The quantitative estimate of drug-likeness (QED) is 0.141. The van der Waals surface area contributed by atoms with Crippen molar-refractivity contribution in [3.8, 4) is 0 Å². The summed E-state index contributed by atoms with van der Waals surface area (Å²) < 4.78 is 15.6. The Hall–Kier alpha value is -5.34. The Morgan fingerprint density at radius 3 is 2.13 bits per heavy atom. The first-order chi connectivity index (χ1) is 26.1. The zero-order chi connectivity index (χ0) is 39.0. The number of hydrogen-bond donors (Lipinski definition) is 2. The van der Waals surface area contributed by atoms with E-state index in [-0.39, 0.29) is 23.6 Å². The molecule has 2 aromatic rings. The molecule has 2 fully saturated rings. The van der Waals surface area contributed by atoms with Gasteiger partial charge >= 0.3 is 0 Å². The van der Waals surface area contributed by atoms with Crippen molar-refractivity contribution in [2.75, 3.05) is 31.1 Å². The first kappa shape index (κ1) is 41.4. The highest BCUT2D eigenvalue weighted by Crippen LogP contribution is 2.27. The van der Waals surface area contributed by atoms with Crippen LogP contribution < -0.4 is 15.5 Å². The topological polar surface area (TPSA) is 77.6 Å². The number of carbonyl (C=O) groups excluding carboxylic acids is 2. The summed E-state index contributed by atoms with van der Waals surface area (Å²) in [6.07, 6.45) is 22.8. The molecule has 4 rings (SSSR count). The number of likely N-dealkylation sites (tertiary alicyclic amines) is 1. The summed E-state index contributed by atoms with van der Waals surface area (Å²) in [7, 11) is 0. The number of carbonyl (C=O) groups is 2. The van der Waals surface area contributed by atoms with E-state index in [1.807, 2.05) is 75.5 Å². The highest BCUT2D eigenvalue weighted by Gasteiger charge is 2.25. The monoisotopic (exact) mass is 729 g/mol. The van der Waals surface area contributed by atoms with Gasteiger partial charge in [0.15, 0.2) is 0 Å². The van der Waals surface area contributed by atoms with Crippen LogP contribution >= 0.6 is 0 Å². The zero-order valence-corrected chi connectivity index (χ0v) is 32.4. The molecule has 8 heteroatoms. The lowest BCUT2D eigenvalue weighted by Gasteiger charge is -2.34. The highest BCUT2D eigenvalue weighted by molar-refractivity contribution is 5.98. The number of aromatic nitrogens is 1. The molecule has 0 bridgehead atoms. The fourth-order valence-corrected chi connectivity index (χ4v) is 6.83. The average molecular weight is 730 g/mol. The minimum Gasteiger partial charge on any atom is -0.356 e. The van der Waals surface area contributed by atoms with Gasteiger partial charge in [0.1, 0.15) is 11.6 Å². The summed E-state index contributed by atoms with van der Waals surface area (Å²) in [5.74, 6) is -0.235. The van der Waals surface area contributed by atoms with Crippen LogP contribution in [-0.4, -0.2) is 60.0 Å². The summed E-state index contributed by atoms with van der Waals surface area (Å²) in [5, 5.41) is 6.27. The maximum Gasteiger partial charge on any atom is 0.254 e. The molecule has 0 saturated carbocycles. The molecule has 2 aliphatic rings. The molecule has 2 aliphatic heterocycles. The molecule has 2 saturated heterocycles. The Labute approximate surface area is 321 Å². The average Bonchev–Trinajstić information content (AvgIpc) is 3.19. The molecule has 1 aromatic heterocycles. The second-order valence-corrected chi connectivity index (χ2v) is 13.7. The molecular formula is C46H56FN5O2. The van der Waals surface area contributed by atoms with E-state index in [1.165, 1.54) is 6.08 Å². The minimum atomic E-state index is -0.623. The number of amides is 2. The predicted molar refractivity (Wildman–Crippen MR) is 223 cm³/mol. The number of anilines is 1. The van der Waals surface area contributed by atoms with Gasteiger partial charge in [-0.2, -0.15) is 0 Å².